The maximum Gasteiger partial charge on any atom is 0.239 e. The minimum absolute atomic E-state index is 0.00957. The van der Waals surface area contributed by atoms with E-state index in [1.54, 1.807) is 0 Å². The van der Waals surface area contributed by atoms with Crippen LogP contribution in [0.5, 0.6) is 0 Å². The van der Waals surface area contributed by atoms with Crippen molar-refractivity contribution >= 4 is 11.8 Å². The van der Waals surface area contributed by atoms with Gasteiger partial charge in [0.1, 0.15) is 6.04 Å². The Balaban J connectivity index is 1.73. The lowest BCUT2D eigenvalue weighted by molar-refractivity contribution is -0.135. The maximum absolute atomic E-state index is 12.5. The predicted octanol–water partition coefficient (Wildman–Crippen LogP) is 1.11. The first-order chi connectivity index (χ1) is 11.6. The van der Waals surface area contributed by atoms with E-state index in [1.807, 2.05) is 11.8 Å². The molecular formula is C18H33N3O3. The maximum atomic E-state index is 12.5. The highest BCUT2D eigenvalue weighted by atomic mass is 16.5. The molecule has 6 nitrogen and oxygen atoms in total. The van der Waals surface area contributed by atoms with Crippen molar-refractivity contribution in [1.29, 1.82) is 0 Å². The number of amides is 2. The molecule has 2 amide bonds. The normalized spacial score (nSPS) is 26.9. The molecule has 0 bridgehead atoms. The van der Waals surface area contributed by atoms with Crippen LogP contribution in [0.1, 0.15) is 40.0 Å². The summed E-state index contributed by atoms with van der Waals surface area (Å²) in [6.45, 7) is 10.8. The number of ether oxygens (including phenoxy) is 1. The molecule has 0 spiro atoms. The Bertz CT molecular complexity index is 430. The summed E-state index contributed by atoms with van der Waals surface area (Å²) >= 11 is 0. The third-order valence-corrected chi connectivity index (χ3v) is 5.22. The van der Waals surface area contributed by atoms with E-state index in [0.717, 1.165) is 32.4 Å². The van der Waals surface area contributed by atoms with Gasteiger partial charge in [-0.1, -0.05) is 20.3 Å². The summed E-state index contributed by atoms with van der Waals surface area (Å²) in [4.78, 5) is 28.9. The fraction of sp³-hybridized carbons (Fsp3) is 0.889. The summed E-state index contributed by atoms with van der Waals surface area (Å²) in [5.74, 6) is 1.09. The third kappa shape index (κ3) is 4.93. The van der Waals surface area contributed by atoms with Gasteiger partial charge in [0.15, 0.2) is 0 Å². The fourth-order valence-electron chi connectivity index (χ4n) is 3.59. The van der Waals surface area contributed by atoms with E-state index in [0.29, 0.717) is 38.8 Å². The van der Waals surface area contributed by atoms with Gasteiger partial charge < -0.3 is 15.0 Å². The molecule has 1 unspecified atom stereocenters. The molecular weight excluding hydrogens is 306 g/mol. The van der Waals surface area contributed by atoms with E-state index < -0.39 is 0 Å². The van der Waals surface area contributed by atoms with Gasteiger partial charge >= 0.3 is 0 Å². The van der Waals surface area contributed by atoms with Crippen LogP contribution < -0.4 is 5.32 Å². The first-order valence-corrected chi connectivity index (χ1v) is 9.50. The van der Waals surface area contributed by atoms with Crippen molar-refractivity contribution in [3.63, 3.8) is 0 Å². The molecule has 2 fully saturated rings. The van der Waals surface area contributed by atoms with Crippen molar-refractivity contribution in [3.8, 4) is 0 Å². The molecule has 0 aromatic heterocycles. The molecule has 24 heavy (non-hydrogen) atoms. The van der Waals surface area contributed by atoms with E-state index in [9.17, 15) is 9.59 Å². The summed E-state index contributed by atoms with van der Waals surface area (Å²) in [6, 6.07) is -0.202. The molecule has 2 aliphatic rings. The molecule has 0 aromatic carbocycles. The molecule has 1 saturated heterocycles. The van der Waals surface area contributed by atoms with Crippen molar-refractivity contribution in [2.24, 2.45) is 11.8 Å². The largest absolute Gasteiger partial charge is 0.378 e. The van der Waals surface area contributed by atoms with Gasteiger partial charge in [0.2, 0.25) is 11.8 Å². The number of rotatable bonds is 9. The predicted molar refractivity (Wildman–Crippen MR) is 93.6 cm³/mol. The second-order valence-electron chi connectivity index (χ2n) is 6.82. The van der Waals surface area contributed by atoms with Crippen LogP contribution in [0, 0.1) is 11.8 Å². The summed E-state index contributed by atoms with van der Waals surface area (Å²) < 4.78 is 5.43. The average Bonchev–Trinajstić information content (AvgIpc) is 3.37. The highest BCUT2D eigenvalue weighted by Gasteiger charge is 2.43. The Morgan fingerprint density at radius 2 is 2.08 bits per heavy atom. The van der Waals surface area contributed by atoms with Crippen molar-refractivity contribution in [3.05, 3.63) is 0 Å². The molecule has 1 aliphatic heterocycles. The lowest BCUT2D eigenvalue weighted by Gasteiger charge is -2.33. The number of hydrogen-bond donors (Lipinski definition) is 1. The topological polar surface area (TPSA) is 61.9 Å². The smallest absolute Gasteiger partial charge is 0.239 e. The summed E-state index contributed by atoms with van der Waals surface area (Å²) in [5.41, 5.74) is 0. The Labute approximate surface area is 145 Å². The zero-order valence-corrected chi connectivity index (χ0v) is 15.4. The van der Waals surface area contributed by atoms with Gasteiger partial charge in [-0.15, -0.1) is 0 Å². The van der Waals surface area contributed by atoms with E-state index in [1.165, 1.54) is 0 Å². The first-order valence-electron chi connectivity index (χ1n) is 9.50. The minimum Gasteiger partial charge on any atom is -0.378 e. The van der Waals surface area contributed by atoms with Crippen LogP contribution in [0.25, 0.3) is 0 Å². The molecule has 1 saturated carbocycles. The average molecular weight is 339 g/mol. The Morgan fingerprint density at radius 1 is 1.29 bits per heavy atom. The number of nitrogens with zero attached hydrogens (tertiary/aromatic N) is 2. The Hall–Kier alpha value is -1.14. The molecule has 6 heteroatoms. The van der Waals surface area contributed by atoms with Gasteiger partial charge in [0.05, 0.1) is 13.2 Å². The summed E-state index contributed by atoms with van der Waals surface area (Å²) in [7, 11) is 0. The lowest BCUT2D eigenvalue weighted by atomic mass is 10.2. The SMILES string of the molecule is CCC[C@@H]1C[C@H]1C(=O)N(CC)CCNC(=O)C1COCCN1CC. The van der Waals surface area contributed by atoms with E-state index in [2.05, 4.69) is 24.1 Å². The second kappa shape index (κ2) is 9.37. The van der Waals surface area contributed by atoms with Crippen LogP contribution in [-0.4, -0.2) is 73.6 Å². The highest BCUT2D eigenvalue weighted by Crippen LogP contribution is 2.43. The van der Waals surface area contributed by atoms with E-state index >= 15 is 0 Å². The summed E-state index contributed by atoms with van der Waals surface area (Å²) in [5, 5.41) is 2.98. The van der Waals surface area contributed by atoms with Crippen molar-refractivity contribution < 1.29 is 14.3 Å². The van der Waals surface area contributed by atoms with Crippen LogP contribution in [0.3, 0.4) is 0 Å². The van der Waals surface area contributed by atoms with Crippen molar-refractivity contribution in [2.75, 3.05) is 45.9 Å². The van der Waals surface area contributed by atoms with Crippen LogP contribution in [-0.2, 0) is 14.3 Å². The van der Waals surface area contributed by atoms with Gasteiger partial charge in [-0.25, -0.2) is 0 Å². The number of nitrogens with one attached hydrogen (secondary N) is 1. The Morgan fingerprint density at radius 3 is 2.75 bits per heavy atom. The molecule has 1 heterocycles. The molecule has 2 rings (SSSR count). The number of hydrogen-bond acceptors (Lipinski definition) is 4. The van der Waals surface area contributed by atoms with Crippen LogP contribution in [0.2, 0.25) is 0 Å². The van der Waals surface area contributed by atoms with Gasteiger partial charge in [0.25, 0.3) is 0 Å². The summed E-state index contributed by atoms with van der Waals surface area (Å²) in [6.07, 6.45) is 3.34. The van der Waals surface area contributed by atoms with Crippen molar-refractivity contribution in [2.45, 2.75) is 46.1 Å². The van der Waals surface area contributed by atoms with Crippen LogP contribution in [0.15, 0.2) is 0 Å². The second-order valence-corrected chi connectivity index (χ2v) is 6.82. The van der Waals surface area contributed by atoms with Gasteiger partial charge in [-0.2, -0.15) is 0 Å². The van der Waals surface area contributed by atoms with Crippen molar-refractivity contribution in [1.82, 2.24) is 15.1 Å². The van der Waals surface area contributed by atoms with Gasteiger partial charge in [-0.05, 0) is 32.2 Å². The molecule has 0 aromatic rings. The molecule has 1 N–H and O–H groups in total. The molecule has 138 valence electrons. The van der Waals surface area contributed by atoms with E-state index in [-0.39, 0.29) is 23.8 Å². The number of carbonyl (C=O) groups is 2. The lowest BCUT2D eigenvalue weighted by Crippen LogP contribution is -2.54. The number of morpholine rings is 1. The van der Waals surface area contributed by atoms with Crippen LogP contribution >= 0.6 is 0 Å². The molecule has 0 radical (unpaired) electrons. The Kier molecular flexibility index (Phi) is 7.49. The number of likely N-dealkylation sites (N-methyl/N-ethyl adjacent to an activating group) is 2. The third-order valence-electron chi connectivity index (χ3n) is 5.22. The van der Waals surface area contributed by atoms with Gasteiger partial charge in [-0.3, -0.25) is 14.5 Å². The molecule has 1 aliphatic carbocycles. The quantitative estimate of drug-likeness (QED) is 0.683. The zero-order chi connectivity index (χ0) is 17.5. The van der Waals surface area contributed by atoms with Gasteiger partial charge in [0, 0.05) is 32.1 Å². The fourth-order valence-corrected chi connectivity index (χ4v) is 3.59. The monoisotopic (exact) mass is 339 g/mol. The standard InChI is InChI=1S/C18H33N3O3/c1-4-7-14-12-15(14)18(23)21(6-3)9-8-19-17(22)16-13-24-11-10-20(16)5-2/h14-16H,4-13H2,1-3H3,(H,19,22)/t14-,15-,16?/m1/s1. The minimum atomic E-state index is -0.202. The van der Waals surface area contributed by atoms with E-state index in [4.69, 9.17) is 4.74 Å². The zero-order valence-electron chi connectivity index (χ0n) is 15.4. The molecule has 3 atom stereocenters. The number of carbonyl (C=O) groups excluding carboxylic acids is 2. The first kappa shape index (κ1) is 19.2. The highest BCUT2D eigenvalue weighted by molar-refractivity contribution is 5.83. The van der Waals surface area contributed by atoms with Crippen LogP contribution in [0.4, 0.5) is 0 Å².